The van der Waals surface area contributed by atoms with E-state index in [1.807, 2.05) is 6.07 Å². The molecule has 14 heavy (non-hydrogen) atoms. The molecule has 1 amide bonds. The Morgan fingerprint density at radius 1 is 1.64 bits per heavy atom. The van der Waals surface area contributed by atoms with Gasteiger partial charge in [-0.3, -0.25) is 0 Å². The number of ether oxygens (including phenoxy) is 1. The van der Waals surface area contributed by atoms with Gasteiger partial charge in [-0.15, -0.1) is 11.3 Å². The van der Waals surface area contributed by atoms with Crippen molar-refractivity contribution in [1.82, 2.24) is 5.43 Å². The first-order valence-electron chi connectivity index (χ1n) is 3.77. The molecule has 0 radical (unpaired) electrons. The molecular weight excluding hydrogens is 224 g/mol. The molecule has 0 aliphatic rings. The number of methoxy groups -OCH3 is 1. The van der Waals surface area contributed by atoms with Crippen molar-refractivity contribution in [1.29, 1.82) is 0 Å². The maximum absolute atomic E-state index is 10.7. The highest BCUT2D eigenvalue weighted by Crippen LogP contribution is 2.21. The van der Waals surface area contributed by atoms with Crippen LogP contribution in [0.15, 0.2) is 17.2 Å². The topological polar surface area (TPSA) is 50.7 Å². The second-order valence-corrected chi connectivity index (χ2v) is 4.12. The van der Waals surface area contributed by atoms with Crippen LogP contribution in [0, 0.1) is 0 Å². The normalized spacial score (nSPS) is 11.2. The molecule has 1 rings (SSSR count). The summed E-state index contributed by atoms with van der Waals surface area (Å²) in [7, 11) is 1.28. The lowest BCUT2D eigenvalue weighted by atomic mass is 10.3. The van der Waals surface area contributed by atoms with Crippen LogP contribution in [0.5, 0.6) is 0 Å². The van der Waals surface area contributed by atoms with E-state index in [9.17, 15) is 4.79 Å². The molecule has 0 saturated carbocycles. The lowest BCUT2D eigenvalue weighted by Gasteiger charge is -1.98. The monoisotopic (exact) mass is 232 g/mol. The van der Waals surface area contributed by atoms with E-state index < -0.39 is 6.09 Å². The van der Waals surface area contributed by atoms with Crippen molar-refractivity contribution in [3.05, 3.63) is 21.3 Å². The maximum Gasteiger partial charge on any atom is 0.427 e. The molecule has 0 spiro atoms. The van der Waals surface area contributed by atoms with Crippen molar-refractivity contribution >= 4 is 34.7 Å². The highest BCUT2D eigenvalue weighted by molar-refractivity contribution is 7.18. The van der Waals surface area contributed by atoms with Gasteiger partial charge in [-0.2, -0.15) is 5.10 Å². The van der Waals surface area contributed by atoms with Gasteiger partial charge in [0.05, 0.1) is 22.0 Å². The average Bonchev–Trinajstić information content (AvgIpc) is 2.60. The number of carbonyl (C=O) groups is 1. The smallest absolute Gasteiger partial charge is 0.427 e. The molecule has 0 unspecified atom stereocenters. The van der Waals surface area contributed by atoms with E-state index in [0.29, 0.717) is 10.0 Å². The molecule has 0 fully saturated rings. The van der Waals surface area contributed by atoms with Crippen molar-refractivity contribution in [2.24, 2.45) is 5.10 Å². The molecule has 4 nitrogen and oxygen atoms in total. The van der Waals surface area contributed by atoms with Gasteiger partial charge in [0.2, 0.25) is 0 Å². The molecule has 1 aromatic rings. The molecule has 1 N–H and O–H groups in total. The third-order valence-electron chi connectivity index (χ3n) is 1.43. The van der Waals surface area contributed by atoms with Gasteiger partial charge in [-0.05, 0) is 19.1 Å². The first kappa shape index (κ1) is 11.0. The van der Waals surface area contributed by atoms with Crippen LogP contribution in [0.4, 0.5) is 4.79 Å². The Morgan fingerprint density at radius 2 is 2.36 bits per heavy atom. The molecule has 0 atom stereocenters. The van der Waals surface area contributed by atoms with E-state index in [1.165, 1.54) is 18.4 Å². The molecule has 6 heteroatoms. The standard InChI is InChI=1S/C8H9ClN2O2S/c1-5(10-11-8(12)13-2)6-3-4-7(9)14-6/h3-4H,1-2H3,(H,11,12)/b10-5-. The van der Waals surface area contributed by atoms with Gasteiger partial charge in [-0.1, -0.05) is 11.6 Å². The first-order valence-corrected chi connectivity index (χ1v) is 4.97. The third kappa shape index (κ3) is 3.01. The summed E-state index contributed by atoms with van der Waals surface area (Å²) in [5.41, 5.74) is 2.92. The number of rotatable bonds is 2. The molecule has 0 saturated heterocycles. The van der Waals surface area contributed by atoms with Crippen LogP contribution in [0.3, 0.4) is 0 Å². The van der Waals surface area contributed by atoms with Crippen molar-refractivity contribution < 1.29 is 9.53 Å². The summed E-state index contributed by atoms with van der Waals surface area (Å²) in [6.07, 6.45) is -0.591. The second kappa shape index (κ2) is 4.97. The van der Waals surface area contributed by atoms with E-state index in [1.54, 1.807) is 13.0 Å². The van der Waals surface area contributed by atoms with Gasteiger partial charge in [0.25, 0.3) is 0 Å². The summed E-state index contributed by atoms with van der Waals surface area (Å²) in [6, 6.07) is 3.61. The molecular formula is C8H9ClN2O2S. The summed E-state index contributed by atoms with van der Waals surface area (Å²) in [5.74, 6) is 0. The fourth-order valence-electron chi connectivity index (χ4n) is 0.739. The van der Waals surface area contributed by atoms with E-state index in [4.69, 9.17) is 11.6 Å². The van der Waals surface area contributed by atoms with Gasteiger partial charge >= 0.3 is 6.09 Å². The van der Waals surface area contributed by atoms with Crippen LogP contribution in [0.2, 0.25) is 4.34 Å². The Bertz CT molecular complexity index is 362. The largest absolute Gasteiger partial charge is 0.452 e. The molecule has 0 aromatic carbocycles. The predicted octanol–water partition coefficient (Wildman–Crippen LogP) is 2.48. The van der Waals surface area contributed by atoms with E-state index in [2.05, 4.69) is 15.3 Å². The Morgan fingerprint density at radius 3 is 2.86 bits per heavy atom. The van der Waals surface area contributed by atoms with Crippen LogP contribution < -0.4 is 5.43 Å². The van der Waals surface area contributed by atoms with Gasteiger partial charge in [0, 0.05) is 0 Å². The van der Waals surface area contributed by atoms with Crippen LogP contribution >= 0.6 is 22.9 Å². The van der Waals surface area contributed by atoms with Gasteiger partial charge in [-0.25, -0.2) is 10.2 Å². The minimum Gasteiger partial charge on any atom is -0.452 e. The van der Waals surface area contributed by atoms with Gasteiger partial charge < -0.3 is 4.74 Å². The van der Waals surface area contributed by atoms with E-state index in [-0.39, 0.29) is 0 Å². The van der Waals surface area contributed by atoms with Crippen molar-refractivity contribution in [3.8, 4) is 0 Å². The predicted molar refractivity (Wildman–Crippen MR) is 57.1 cm³/mol. The van der Waals surface area contributed by atoms with Crippen molar-refractivity contribution in [3.63, 3.8) is 0 Å². The number of hydrogen-bond acceptors (Lipinski definition) is 4. The molecule has 0 aliphatic heterocycles. The van der Waals surface area contributed by atoms with Crippen molar-refractivity contribution in [2.45, 2.75) is 6.92 Å². The number of nitrogens with one attached hydrogen (secondary N) is 1. The van der Waals surface area contributed by atoms with Crippen molar-refractivity contribution in [2.75, 3.05) is 7.11 Å². The number of carbonyl (C=O) groups excluding carboxylic acids is 1. The lowest BCUT2D eigenvalue weighted by Crippen LogP contribution is -2.18. The zero-order chi connectivity index (χ0) is 10.6. The summed E-state index contributed by atoms with van der Waals surface area (Å²) < 4.78 is 5.05. The lowest BCUT2D eigenvalue weighted by molar-refractivity contribution is 0.171. The molecule has 76 valence electrons. The Kier molecular flexibility index (Phi) is 3.91. The first-order chi connectivity index (χ1) is 6.63. The van der Waals surface area contributed by atoms with Gasteiger partial charge in [0.1, 0.15) is 0 Å². The molecule has 0 bridgehead atoms. The minimum atomic E-state index is -0.591. The fraction of sp³-hybridized carbons (Fsp3) is 0.250. The highest BCUT2D eigenvalue weighted by atomic mass is 35.5. The quantitative estimate of drug-likeness (QED) is 0.629. The number of hydrogen-bond donors (Lipinski definition) is 1. The van der Waals surface area contributed by atoms with Crippen LogP contribution in [-0.2, 0) is 4.74 Å². The number of thiophene rings is 1. The molecule has 1 heterocycles. The van der Waals surface area contributed by atoms with E-state index >= 15 is 0 Å². The summed E-state index contributed by atoms with van der Waals surface area (Å²) >= 11 is 7.14. The number of amides is 1. The zero-order valence-electron chi connectivity index (χ0n) is 7.70. The Labute approximate surface area is 90.5 Å². The van der Waals surface area contributed by atoms with Gasteiger partial charge in [0.15, 0.2) is 0 Å². The maximum atomic E-state index is 10.7. The number of halogens is 1. The number of nitrogens with zero attached hydrogens (tertiary/aromatic N) is 1. The Balaban J connectivity index is 2.65. The molecule has 0 aliphatic carbocycles. The van der Waals surface area contributed by atoms with Crippen LogP contribution in [-0.4, -0.2) is 18.9 Å². The fourth-order valence-corrected chi connectivity index (χ4v) is 1.73. The molecule has 1 aromatic heterocycles. The zero-order valence-corrected chi connectivity index (χ0v) is 9.28. The summed E-state index contributed by atoms with van der Waals surface area (Å²) in [5, 5.41) is 3.82. The van der Waals surface area contributed by atoms with Crippen LogP contribution in [0.1, 0.15) is 11.8 Å². The third-order valence-corrected chi connectivity index (χ3v) is 2.77. The summed E-state index contributed by atoms with van der Waals surface area (Å²) in [6.45, 7) is 1.78. The SMILES string of the molecule is COC(=O)N/N=C(/C)c1ccc(Cl)s1. The second-order valence-electron chi connectivity index (χ2n) is 2.40. The minimum absolute atomic E-state index is 0.591. The Hall–Kier alpha value is -1.07. The van der Waals surface area contributed by atoms with E-state index in [0.717, 1.165) is 4.88 Å². The average molecular weight is 233 g/mol. The summed E-state index contributed by atoms with van der Waals surface area (Å²) in [4.78, 5) is 11.6. The van der Waals surface area contributed by atoms with Crippen LogP contribution in [0.25, 0.3) is 0 Å². The highest BCUT2D eigenvalue weighted by Gasteiger charge is 2.02. The number of hydrazone groups is 1.